The Labute approximate surface area is 126 Å². The van der Waals surface area contributed by atoms with Gasteiger partial charge >= 0.3 is 0 Å². The number of nitro groups is 1. The standard InChI is InChI=1S/C13H14Cl2N2O3/c14-11-7-9(17(19)20)6-10(12(11)15)13(18)16-8-4-2-1-3-5-8/h6-8H,1-5H2,(H,16,18). The Morgan fingerprint density at radius 1 is 1.25 bits per heavy atom. The zero-order chi connectivity index (χ0) is 14.7. The van der Waals surface area contributed by atoms with E-state index in [1.165, 1.54) is 6.42 Å². The van der Waals surface area contributed by atoms with Gasteiger partial charge in [-0.1, -0.05) is 42.5 Å². The van der Waals surface area contributed by atoms with Crippen molar-refractivity contribution in [2.45, 2.75) is 38.1 Å². The number of halogens is 2. The fourth-order valence-electron chi connectivity index (χ4n) is 2.36. The monoisotopic (exact) mass is 316 g/mol. The highest BCUT2D eigenvalue weighted by Gasteiger charge is 2.22. The summed E-state index contributed by atoms with van der Waals surface area (Å²) in [5, 5.41) is 13.7. The number of carbonyl (C=O) groups is 1. The van der Waals surface area contributed by atoms with E-state index in [1.54, 1.807) is 0 Å². The number of hydrogen-bond donors (Lipinski definition) is 1. The molecule has 0 radical (unpaired) electrons. The van der Waals surface area contributed by atoms with E-state index in [-0.39, 0.29) is 27.3 Å². The first-order valence-corrected chi connectivity index (χ1v) is 7.19. The number of hydrogen-bond acceptors (Lipinski definition) is 3. The van der Waals surface area contributed by atoms with Gasteiger partial charge < -0.3 is 5.32 Å². The average Bonchev–Trinajstić information content (AvgIpc) is 2.42. The Morgan fingerprint density at radius 3 is 2.50 bits per heavy atom. The predicted molar refractivity (Wildman–Crippen MR) is 77.5 cm³/mol. The molecule has 1 N–H and O–H groups in total. The summed E-state index contributed by atoms with van der Waals surface area (Å²) in [5.74, 6) is -0.410. The van der Waals surface area contributed by atoms with Gasteiger partial charge in [0.1, 0.15) is 0 Å². The van der Waals surface area contributed by atoms with Gasteiger partial charge in [0.05, 0.1) is 20.5 Å². The first kappa shape index (κ1) is 15.1. The van der Waals surface area contributed by atoms with Gasteiger partial charge in [-0.3, -0.25) is 14.9 Å². The van der Waals surface area contributed by atoms with Gasteiger partial charge in [-0.25, -0.2) is 0 Å². The maximum atomic E-state index is 12.2. The normalized spacial score (nSPS) is 15.9. The lowest BCUT2D eigenvalue weighted by molar-refractivity contribution is -0.384. The molecule has 0 bridgehead atoms. The third kappa shape index (κ3) is 3.41. The lowest BCUT2D eigenvalue weighted by atomic mass is 9.95. The second-order valence-electron chi connectivity index (χ2n) is 4.85. The van der Waals surface area contributed by atoms with Crippen LogP contribution in [0, 0.1) is 10.1 Å². The first-order valence-electron chi connectivity index (χ1n) is 6.43. The quantitative estimate of drug-likeness (QED) is 0.677. The van der Waals surface area contributed by atoms with Crippen LogP contribution in [0.5, 0.6) is 0 Å². The van der Waals surface area contributed by atoms with E-state index in [4.69, 9.17) is 23.2 Å². The van der Waals surface area contributed by atoms with E-state index in [1.807, 2.05) is 0 Å². The molecular formula is C13H14Cl2N2O3. The summed E-state index contributed by atoms with van der Waals surface area (Å²) in [6, 6.07) is 2.40. The van der Waals surface area contributed by atoms with Gasteiger partial charge in [-0.05, 0) is 12.8 Å². The minimum atomic E-state index is -0.598. The molecule has 7 heteroatoms. The summed E-state index contributed by atoms with van der Waals surface area (Å²) < 4.78 is 0. The summed E-state index contributed by atoms with van der Waals surface area (Å²) in [6.07, 6.45) is 5.18. The number of carbonyl (C=O) groups excluding carboxylic acids is 1. The van der Waals surface area contributed by atoms with Crippen molar-refractivity contribution in [1.82, 2.24) is 5.32 Å². The van der Waals surface area contributed by atoms with Crippen molar-refractivity contribution in [2.24, 2.45) is 0 Å². The van der Waals surface area contributed by atoms with E-state index in [2.05, 4.69) is 5.32 Å². The average molecular weight is 317 g/mol. The van der Waals surface area contributed by atoms with E-state index < -0.39 is 10.8 Å². The van der Waals surface area contributed by atoms with E-state index in [0.717, 1.165) is 37.8 Å². The minimum absolute atomic E-state index is 0.00895. The summed E-state index contributed by atoms with van der Waals surface area (Å²) in [7, 11) is 0. The highest BCUT2D eigenvalue weighted by atomic mass is 35.5. The maximum absolute atomic E-state index is 12.2. The van der Waals surface area contributed by atoms with E-state index in [9.17, 15) is 14.9 Å². The molecule has 0 unspecified atom stereocenters. The molecule has 1 fully saturated rings. The molecule has 1 saturated carbocycles. The molecule has 1 aromatic carbocycles. The Balaban J connectivity index is 2.21. The fraction of sp³-hybridized carbons (Fsp3) is 0.462. The van der Waals surface area contributed by atoms with Gasteiger partial charge in [0.15, 0.2) is 0 Å². The molecule has 1 aliphatic rings. The highest BCUT2D eigenvalue weighted by molar-refractivity contribution is 6.44. The summed E-state index contributed by atoms with van der Waals surface area (Å²) >= 11 is 11.8. The lowest BCUT2D eigenvalue weighted by Gasteiger charge is -2.23. The number of non-ortho nitro benzene ring substituents is 1. The topological polar surface area (TPSA) is 72.2 Å². The SMILES string of the molecule is O=C(NC1CCCCC1)c1cc([N+](=O)[O-])cc(Cl)c1Cl. The molecule has 0 aromatic heterocycles. The van der Waals surface area contributed by atoms with Crippen LogP contribution in [0.2, 0.25) is 10.0 Å². The van der Waals surface area contributed by atoms with Crippen LogP contribution in [-0.4, -0.2) is 16.9 Å². The molecule has 1 amide bonds. The minimum Gasteiger partial charge on any atom is -0.349 e. The van der Waals surface area contributed by atoms with Crippen LogP contribution in [0.15, 0.2) is 12.1 Å². The van der Waals surface area contributed by atoms with Crippen LogP contribution in [0.25, 0.3) is 0 Å². The highest BCUT2D eigenvalue weighted by Crippen LogP contribution is 2.31. The molecule has 1 aromatic rings. The van der Waals surface area contributed by atoms with Gasteiger partial charge in [0.2, 0.25) is 0 Å². The predicted octanol–water partition coefficient (Wildman–Crippen LogP) is 3.96. The van der Waals surface area contributed by atoms with Gasteiger partial charge in [-0.15, -0.1) is 0 Å². The van der Waals surface area contributed by atoms with E-state index in [0.29, 0.717) is 0 Å². The number of nitro benzene ring substituents is 1. The van der Waals surface area contributed by atoms with Crippen LogP contribution in [-0.2, 0) is 0 Å². The van der Waals surface area contributed by atoms with Gasteiger partial charge in [-0.2, -0.15) is 0 Å². The maximum Gasteiger partial charge on any atom is 0.271 e. The second-order valence-corrected chi connectivity index (χ2v) is 5.64. The van der Waals surface area contributed by atoms with Crippen molar-refractivity contribution in [3.63, 3.8) is 0 Å². The number of benzene rings is 1. The lowest BCUT2D eigenvalue weighted by Crippen LogP contribution is -2.36. The van der Waals surface area contributed by atoms with Gasteiger partial charge in [0, 0.05) is 18.2 Å². The summed E-state index contributed by atoms with van der Waals surface area (Å²) in [5.41, 5.74) is -0.190. The van der Waals surface area contributed by atoms with Gasteiger partial charge in [0.25, 0.3) is 11.6 Å². The zero-order valence-electron chi connectivity index (χ0n) is 10.7. The third-order valence-corrected chi connectivity index (χ3v) is 4.21. The molecule has 0 spiro atoms. The number of amides is 1. The summed E-state index contributed by atoms with van der Waals surface area (Å²) in [6.45, 7) is 0. The first-order chi connectivity index (χ1) is 9.49. The third-order valence-electron chi connectivity index (χ3n) is 3.41. The smallest absolute Gasteiger partial charge is 0.271 e. The summed E-state index contributed by atoms with van der Waals surface area (Å²) in [4.78, 5) is 22.4. The van der Waals surface area contributed by atoms with Crippen LogP contribution < -0.4 is 5.32 Å². The van der Waals surface area contributed by atoms with Crippen LogP contribution in [0.4, 0.5) is 5.69 Å². The molecule has 108 valence electrons. The Hall–Kier alpha value is -1.33. The van der Waals surface area contributed by atoms with Crippen molar-refractivity contribution in [2.75, 3.05) is 0 Å². The molecule has 0 saturated heterocycles. The second kappa shape index (κ2) is 6.41. The molecule has 20 heavy (non-hydrogen) atoms. The number of nitrogens with one attached hydrogen (secondary N) is 1. The Bertz CT molecular complexity index is 543. The van der Waals surface area contributed by atoms with Crippen molar-refractivity contribution >= 4 is 34.8 Å². The fourth-order valence-corrected chi connectivity index (χ4v) is 2.76. The van der Waals surface area contributed by atoms with Crippen molar-refractivity contribution in [3.8, 4) is 0 Å². The molecule has 2 rings (SSSR count). The van der Waals surface area contributed by atoms with Crippen molar-refractivity contribution < 1.29 is 9.72 Å². The molecule has 0 atom stereocenters. The molecule has 5 nitrogen and oxygen atoms in total. The van der Waals surface area contributed by atoms with Crippen LogP contribution >= 0.6 is 23.2 Å². The largest absolute Gasteiger partial charge is 0.349 e. The Kier molecular flexibility index (Phi) is 4.83. The molecule has 1 aliphatic carbocycles. The zero-order valence-corrected chi connectivity index (χ0v) is 12.2. The molecule has 0 aliphatic heterocycles. The van der Waals surface area contributed by atoms with Crippen molar-refractivity contribution in [3.05, 3.63) is 37.9 Å². The number of nitrogens with zero attached hydrogens (tertiary/aromatic N) is 1. The number of rotatable bonds is 3. The molecular weight excluding hydrogens is 303 g/mol. The van der Waals surface area contributed by atoms with Crippen LogP contribution in [0.1, 0.15) is 42.5 Å². The van der Waals surface area contributed by atoms with E-state index >= 15 is 0 Å². The van der Waals surface area contributed by atoms with Crippen molar-refractivity contribution in [1.29, 1.82) is 0 Å². The molecule has 0 heterocycles. The Morgan fingerprint density at radius 2 is 1.90 bits per heavy atom. The van der Waals surface area contributed by atoms with Crippen LogP contribution in [0.3, 0.4) is 0 Å².